The molecule has 2 N–H and O–H groups in total. The highest BCUT2D eigenvalue weighted by molar-refractivity contribution is 6.13. The van der Waals surface area contributed by atoms with E-state index < -0.39 is 35.8 Å². The molecule has 0 bridgehead atoms. The Hall–Kier alpha value is -2.59. The lowest BCUT2D eigenvalue weighted by atomic mass is 9.88. The van der Waals surface area contributed by atoms with Gasteiger partial charge in [0, 0.05) is 38.1 Å². The number of hydrogen-bond donors (Lipinski definition) is 2. The SMILES string of the molecule is CC(=O)CC(C)(C)COC(C)(C)CNC(=O)CONC(=O)CCN1C(=O)C=CC1=O. The second kappa shape index (κ2) is 11.0. The molecule has 0 radical (unpaired) electrons. The van der Waals surface area contributed by atoms with Crippen molar-refractivity contribution >= 4 is 29.4 Å². The summed E-state index contributed by atoms with van der Waals surface area (Å²) in [6.45, 7) is 9.14. The number of ketones is 1. The average Bonchev–Trinajstić information content (AvgIpc) is 2.94. The second-order valence-corrected chi connectivity index (χ2v) is 8.59. The van der Waals surface area contributed by atoms with E-state index in [4.69, 9.17) is 9.57 Å². The number of Topliss-reactive ketones (excluding diaryl/α,β-unsaturated/α-hetero) is 1. The molecule has 0 aliphatic carbocycles. The van der Waals surface area contributed by atoms with Crippen molar-refractivity contribution in [2.45, 2.75) is 53.1 Å². The van der Waals surface area contributed by atoms with Gasteiger partial charge >= 0.3 is 0 Å². The number of nitrogens with one attached hydrogen (secondary N) is 2. The van der Waals surface area contributed by atoms with Gasteiger partial charge in [-0.3, -0.25) is 28.9 Å². The van der Waals surface area contributed by atoms with Crippen molar-refractivity contribution in [2.75, 3.05) is 26.3 Å². The predicted octanol–water partition coefficient (Wildman–Crippen LogP) is 0.266. The van der Waals surface area contributed by atoms with Crippen molar-refractivity contribution in [1.82, 2.24) is 15.7 Å². The van der Waals surface area contributed by atoms with Gasteiger partial charge in [-0.05, 0) is 26.2 Å². The Bertz CT molecular complexity index is 695. The molecule has 4 amide bonds. The third kappa shape index (κ3) is 9.75. The fraction of sp³-hybridized carbons (Fsp3) is 0.650. The maximum Gasteiger partial charge on any atom is 0.253 e. The number of ether oxygens (including phenoxy) is 1. The van der Waals surface area contributed by atoms with Gasteiger partial charge in [0.1, 0.15) is 5.78 Å². The van der Waals surface area contributed by atoms with E-state index >= 15 is 0 Å². The first-order chi connectivity index (χ1) is 13.8. The minimum absolute atomic E-state index is 0.0719. The summed E-state index contributed by atoms with van der Waals surface area (Å²) < 4.78 is 5.84. The van der Waals surface area contributed by atoms with Gasteiger partial charge in [0.2, 0.25) is 11.8 Å². The number of carbonyl (C=O) groups excluding carboxylic acids is 5. The van der Waals surface area contributed by atoms with Gasteiger partial charge in [0.05, 0.1) is 12.2 Å². The second-order valence-electron chi connectivity index (χ2n) is 8.59. The normalized spacial score (nSPS) is 14.2. The zero-order chi connectivity index (χ0) is 22.9. The van der Waals surface area contributed by atoms with E-state index in [1.807, 2.05) is 27.7 Å². The zero-order valence-electron chi connectivity index (χ0n) is 18.2. The fourth-order valence-electron chi connectivity index (χ4n) is 2.63. The Labute approximate surface area is 176 Å². The van der Waals surface area contributed by atoms with E-state index in [1.165, 1.54) is 6.92 Å². The van der Waals surface area contributed by atoms with Crippen LogP contribution in [0.1, 0.15) is 47.5 Å². The van der Waals surface area contributed by atoms with Crippen LogP contribution in [0.2, 0.25) is 0 Å². The predicted molar refractivity (Wildman–Crippen MR) is 107 cm³/mol. The van der Waals surface area contributed by atoms with Crippen molar-refractivity contribution in [3.63, 3.8) is 0 Å². The molecular weight excluding hydrogens is 394 g/mol. The number of carbonyl (C=O) groups is 5. The van der Waals surface area contributed by atoms with Gasteiger partial charge in [-0.1, -0.05) is 13.8 Å². The Morgan fingerprint density at radius 2 is 1.63 bits per heavy atom. The van der Waals surface area contributed by atoms with Crippen LogP contribution in [0.25, 0.3) is 0 Å². The van der Waals surface area contributed by atoms with Gasteiger partial charge in [0.15, 0.2) is 6.61 Å². The number of rotatable bonds is 13. The van der Waals surface area contributed by atoms with Crippen LogP contribution < -0.4 is 10.8 Å². The maximum atomic E-state index is 11.9. The molecule has 0 saturated heterocycles. The van der Waals surface area contributed by atoms with Crippen LogP contribution in [-0.2, 0) is 33.5 Å². The molecule has 30 heavy (non-hydrogen) atoms. The van der Waals surface area contributed by atoms with Gasteiger partial charge in [-0.25, -0.2) is 5.48 Å². The van der Waals surface area contributed by atoms with Crippen LogP contribution in [-0.4, -0.2) is 66.2 Å². The first-order valence-corrected chi connectivity index (χ1v) is 9.66. The quantitative estimate of drug-likeness (QED) is 0.320. The largest absolute Gasteiger partial charge is 0.373 e. The van der Waals surface area contributed by atoms with Gasteiger partial charge < -0.3 is 14.8 Å². The lowest BCUT2D eigenvalue weighted by molar-refractivity contribution is -0.141. The lowest BCUT2D eigenvalue weighted by Gasteiger charge is -2.31. The van der Waals surface area contributed by atoms with E-state index in [0.29, 0.717) is 13.0 Å². The van der Waals surface area contributed by atoms with Gasteiger partial charge in [0.25, 0.3) is 11.8 Å². The Kier molecular flexibility index (Phi) is 9.31. The summed E-state index contributed by atoms with van der Waals surface area (Å²) in [7, 11) is 0. The Balaban J connectivity index is 2.22. The van der Waals surface area contributed by atoms with E-state index in [2.05, 4.69) is 10.8 Å². The summed E-state index contributed by atoms with van der Waals surface area (Å²) in [6, 6.07) is 0. The molecule has 0 atom stereocenters. The topological polar surface area (TPSA) is 131 Å². The monoisotopic (exact) mass is 425 g/mol. The number of hydrogen-bond acceptors (Lipinski definition) is 7. The first-order valence-electron chi connectivity index (χ1n) is 9.66. The average molecular weight is 425 g/mol. The summed E-state index contributed by atoms with van der Waals surface area (Å²) in [4.78, 5) is 63.4. The van der Waals surface area contributed by atoms with Crippen molar-refractivity contribution in [2.24, 2.45) is 5.41 Å². The number of amides is 4. The maximum absolute atomic E-state index is 11.9. The van der Waals surface area contributed by atoms with Gasteiger partial charge in [-0.2, -0.15) is 0 Å². The molecule has 0 fully saturated rings. The molecule has 0 saturated carbocycles. The minimum Gasteiger partial charge on any atom is -0.373 e. The van der Waals surface area contributed by atoms with E-state index in [0.717, 1.165) is 17.1 Å². The molecule has 0 aromatic heterocycles. The highest BCUT2D eigenvalue weighted by atomic mass is 16.7. The lowest BCUT2D eigenvalue weighted by Crippen LogP contribution is -2.44. The van der Waals surface area contributed by atoms with Crippen LogP contribution in [0.4, 0.5) is 0 Å². The molecule has 10 nitrogen and oxygen atoms in total. The van der Waals surface area contributed by atoms with Crippen LogP contribution in [0.15, 0.2) is 12.2 Å². The summed E-state index contributed by atoms with van der Waals surface area (Å²) in [5.41, 5.74) is 1.13. The zero-order valence-corrected chi connectivity index (χ0v) is 18.2. The van der Waals surface area contributed by atoms with E-state index in [9.17, 15) is 24.0 Å². The summed E-state index contributed by atoms with van der Waals surface area (Å²) in [5, 5.41) is 2.65. The summed E-state index contributed by atoms with van der Waals surface area (Å²) in [5.74, 6) is -1.87. The van der Waals surface area contributed by atoms with E-state index in [1.54, 1.807) is 0 Å². The van der Waals surface area contributed by atoms with Crippen LogP contribution in [0, 0.1) is 5.41 Å². The summed E-state index contributed by atoms with van der Waals surface area (Å²) in [6.07, 6.45) is 2.53. The number of hydroxylamine groups is 1. The van der Waals surface area contributed by atoms with Crippen LogP contribution >= 0.6 is 0 Å². The smallest absolute Gasteiger partial charge is 0.253 e. The molecule has 1 heterocycles. The molecule has 0 unspecified atom stereocenters. The van der Waals surface area contributed by atoms with Crippen molar-refractivity contribution in [1.29, 1.82) is 0 Å². The number of imide groups is 1. The minimum atomic E-state index is -0.657. The first kappa shape index (κ1) is 25.4. The molecule has 0 spiro atoms. The van der Waals surface area contributed by atoms with Gasteiger partial charge in [-0.15, -0.1) is 0 Å². The standard InChI is InChI=1S/C20H31N3O7/c1-14(24)10-19(2,3)13-29-20(4,5)12-21-16(26)11-30-22-15(25)8-9-23-17(27)6-7-18(23)28/h6-7H,8-13H2,1-5H3,(H,21,26)(H,22,25). The Morgan fingerprint density at radius 3 is 2.20 bits per heavy atom. The molecule has 1 aliphatic heterocycles. The Morgan fingerprint density at radius 1 is 1.03 bits per heavy atom. The van der Waals surface area contributed by atoms with Crippen molar-refractivity contribution in [3.8, 4) is 0 Å². The molecule has 1 rings (SSSR count). The third-order valence-corrected chi connectivity index (χ3v) is 4.14. The van der Waals surface area contributed by atoms with E-state index in [-0.39, 0.29) is 30.7 Å². The molecule has 0 aromatic rings. The molecule has 10 heteroatoms. The summed E-state index contributed by atoms with van der Waals surface area (Å²) >= 11 is 0. The van der Waals surface area contributed by atoms with Crippen molar-refractivity contribution in [3.05, 3.63) is 12.2 Å². The van der Waals surface area contributed by atoms with Crippen molar-refractivity contribution < 1.29 is 33.5 Å². The molecule has 168 valence electrons. The number of nitrogens with zero attached hydrogens (tertiary/aromatic N) is 1. The fourth-order valence-corrected chi connectivity index (χ4v) is 2.63. The molecule has 1 aliphatic rings. The van der Waals surface area contributed by atoms with Crippen LogP contribution in [0.3, 0.4) is 0 Å². The molecule has 0 aromatic carbocycles. The molecular formula is C20H31N3O7. The third-order valence-electron chi connectivity index (χ3n) is 4.14. The highest BCUT2D eigenvalue weighted by Crippen LogP contribution is 2.23. The van der Waals surface area contributed by atoms with Crippen LogP contribution in [0.5, 0.6) is 0 Å². The highest BCUT2D eigenvalue weighted by Gasteiger charge is 2.27.